The number of anilines is 1. The van der Waals surface area contributed by atoms with Crippen LogP contribution in [0.4, 0.5) is 5.69 Å². The van der Waals surface area contributed by atoms with Crippen LogP contribution in [0.3, 0.4) is 0 Å². The normalized spacial score (nSPS) is 17.8. The number of nitrogens with one attached hydrogen (secondary N) is 2. The Hall–Kier alpha value is -3.66. The summed E-state index contributed by atoms with van der Waals surface area (Å²) in [5, 5.41) is 5.91. The molecule has 10 heteroatoms. The summed E-state index contributed by atoms with van der Waals surface area (Å²) in [6.45, 7) is 2.14. The van der Waals surface area contributed by atoms with Gasteiger partial charge in [0.1, 0.15) is 10.9 Å². The van der Waals surface area contributed by atoms with Crippen LogP contribution in [0.5, 0.6) is 0 Å². The number of benzene rings is 1. The molecule has 3 aromatic rings. The summed E-state index contributed by atoms with van der Waals surface area (Å²) in [4.78, 5) is 47.9. The number of thioether (sulfide) groups is 1. The molecule has 2 aromatic heterocycles. The van der Waals surface area contributed by atoms with Crippen molar-refractivity contribution in [3.05, 3.63) is 66.1 Å². The van der Waals surface area contributed by atoms with E-state index in [9.17, 15) is 14.4 Å². The van der Waals surface area contributed by atoms with E-state index in [1.54, 1.807) is 24.3 Å². The number of hydrogen-bond acceptors (Lipinski definition) is 6. The summed E-state index contributed by atoms with van der Waals surface area (Å²) in [6, 6.07) is 12.4. The van der Waals surface area contributed by atoms with E-state index in [-0.39, 0.29) is 24.1 Å². The lowest BCUT2D eigenvalue weighted by Gasteiger charge is -2.16. The summed E-state index contributed by atoms with van der Waals surface area (Å²) < 4.78 is 1.90. The number of imidazole rings is 1. The molecule has 2 aliphatic heterocycles. The molecule has 1 fully saturated rings. The molecule has 9 nitrogen and oxygen atoms in total. The van der Waals surface area contributed by atoms with Crippen LogP contribution < -0.4 is 10.6 Å². The summed E-state index contributed by atoms with van der Waals surface area (Å²) in [6.07, 6.45) is 6.05. The van der Waals surface area contributed by atoms with Gasteiger partial charge in [0.25, 0.3) is 11.8 Å². The number of amides is 3. The molecular weight excluding hydrogens is 452 g/mol. The minimum absolute atomic E-state index is 0.0611. The van der Waals surface area contributed by atoms with E-state index in [1.165, 1.54) is 11.8 Å². The zero-order valence-corrected chi connectivity index (χ0v) is 19.3. The number of likely N-dealkylation sites (tertiary alicyclic amines) is 1. The molecule has 1 saturated heterocycles. The molecule has 0 bridgehead atoms. The molecule has 1 atom stereocenters. The maximum atomic E-state index is 12.5. The molecule has 1 aromatic carbocycles. The van der Waals surface area contributed by atoms with Crippen LogP contribution in [0.2, 0.25) is 0 Å². The number of rotatable bonds is 6. The smallest absolute Gasteiger partial charge is 0.262 e. The predicted octanol–water partition coefficient (Wildman–Crippen LogP) is 2.69. The highest BCUT2D eigenvalue weighted by Crippen LogP contribution is 2.29. The Kier molecular flexibility index (Phi) is 6.31. The fourth-order valence-corrected chi connectivity index (χ4v) is 5.10. The highest BCUT2D eigenvalue weighted by molar-refractivity contribution is 8.15. The second kappa shape index (κ2) is 9.68. The number of nitrogens with zero attached hydrogens (tertiary/aromatic N) is 4. The number of fused-ring (bicyclic) bond motifs is 1. The largest absolute Gasteiger partial charge is 0.351 e. The van der Waals surface area contributed by atoms with Crippen molar-refractivity contribution in [3.63, 3.8) is 0 Å². The summed E-state index contributed by atoms with van der Waals surface area (Å²) in [5.41, 5.74) is 2.63. The van der Waals surface area contributed by atoms with Gasteiger partial charge in [0.05, 0.1) is 12.2 Å². The lowest BCUT2D eigenvalue weighted by Crippen LogP contribution is -2.25. The first kappa shape index (κ1) is 22.1. The lowest BCUT2D eigenvalue weighted by molar-refractivity contribution is -0.121. The zero-order chi connectivity index (χ0) is 23.5. The van der Waals surface area contributed by atoms with Crippen LogP contribution in [-0.2, 0) is 16.1 Å². The topological polar surface area (TPSA) is 108 Å². The number of amidine groups is 1. The van der Waals surface area contributed by atoms with Crippen molar-refractivity contribution in [2.45, 2.75) is 31.1 Å². The number of aliphatic imine (C=N–C) groups is 1. The van der Waals surface area contributed by atoms with Crippen molar-refractivity contribution in [3.8, 4) is 0 Å². The van der Waals surface area contributed by atoms with Crippen molar-refractivity contribution in [2.75, 3.05) is 18.4 Å². The van der Waals surface area contributed by atoms with Crippen LogP contribution in [0.1, 0.15) is 35.3 Å². The van der Waals surface area contributed by atoms with Crippen molar-refractivity contribution in [2.24, 2.45) is 4.99 Å². The van der Waals surface area contributed by atoms with E-state index >= 15 is 0 Å². The second-order valence-electron chi connectivity index (χ2n) is 8.24. The Morgan fingerprint density at radius 2 is 1.88 bits per heavy atom. The van der Waals surface area contributed by atoms with Gasteiger partial charge in [-0.3, -0.25) is 14.4 Å². The highest BCUT2D eigenvalue weighted by atomic mass is 32.2. The van der Waals surface area contributed by atoms with Gasteiger partial charge in [0, 0.05) is 43.2 Å². The third kappa shape index (κ3) is 4.96. The number of hydrogen-bond donors (Lipinski definition) is 2. The molecule has 34 heavy (non-hydrogen) atoms. The Morgan fingerprint density at radius 1 is 1.09 bits per heavy atom. The first-order valence-corrected chi connectivity index (χ1v) is 12.1. The molecule has 0 saturated carbocycles. The van der Waals surface area contributed by atoms with Crippen LogP contribution in [0.15, 0.2) is 59.9 Å². The van der Waals surface area contributed by atoms with Crippen LogP contribution in [0.25, 0.3) is 5.65 Å². The molecular formula is C24H24N6O3S. The van der Waals surface area contributed by atoms with Gasteiger partial charge < -0.3 is 19.9 Å². The van der Waals surface area contributed by atoms with Gasteiger partial charge in [-0.05, 0) is 49.2 Å². The minimum atomic E-state index is -0.486. The average Bonchev–Trinajstić information content (AvgIpc) is 3.58. The molecule has 0 radical (unpaired) electrons. The Labute approximate surface area is 200 Å². The van der Waals surface area contributed by atoms with Crippen LogP contribution in [-0.4, -0.2) is 55.5 Å². The number of carbonyl (C=O) groups is 3. The molecule has 4 heterocycles. The van der Waals surface area contributed by atoms with Gasteiger partial charge in [-0.25, -0.2) is 4.98 Å². The van der Waals surface area contributed by atoms with Gasteiger partial charge >= 0.3 is 0 Å². The fraction of sp³-hybridized carbons (Fsp3) is 0.292. The minimum Gasteiger partial charge on any atom is -0.351 e. The molecule has 0 aliphatic carbocycles. The number of pyridine rings is 1. The van der Waals surface area contributed by atoms with E-state index in [4.69, 9.17) is 0 Å². The van der Waals surface area contributed by atoms with E-state index in [0.717, 1.165) is 42.4 Å². The summed E-state index contributed by atoms with van der Waals surface area (Å²) >= 11 is 1.37. The van der Waals surface area contributed by atoms with Gasteiger partial charge in [-0.1, -0.05) is 17.8 Å². The van der Waals surface area contributed by atoms with Gasteiger partial charge in [0.2, 0.25) is 5.91 Å². The summed E-state index contributed by atoms with van der Waals surface area (Å²) in [5.74, 6) is -0.734. The number of aromatic nitrogens is 2. The van der Waals surface area contributed by atoms with E-state index < -0.39 is 5.25 Å². The maximum Gasteiger partial charge on any atom is 0.262 e. The molecule has 2 N–H and O–H groups in total. The highest BCUT2D eigenvalue weighted by Gasteiger charge is 2.33. The summed E-state index contributed by atoms with van der Waals surface area (Å²) in [7, 11) is 0. The van der Waals surface area contributed by atoms with Crippen molar-refractivity contribution >= 4 is 46.0 Å². The van der Waals surface area contributed by atoms with Crippen molar-refractivity contribution in [1.29, 1.82) is 0 Å². The Bertz CT molecular complexity index is 1230. The molecule has 0 spiro atoms. The SMILES string of the molecule is O=C(C[C@@H]1SC(N2CCCC2)=NC1=O)Nc1ccc(C(=O)NCc2cn3ccccc3n2)cc1. The standard InChI is InChI=1S/C24H24N6O3S/c31-21(13-19-23(33)28-24(34-19)29-10-3-4-11-29)27-17-8-6-16(7-9-17)22(32)25-14-18-15-30-12-2-1-5-20(30)26-18/h1-2,5-9,12,15,19H,3-4,10-11,13-14H2,(H,25,32)(H,27,31)/t19-/m0/s1. The Morgan fingerprint density at radius 3 is 2.65 bits per heavy atom. The van der Waals surface area contributed by atoms with Crippen LogP contribution >= 0.6 is 11.8 Å². The predicted molar refractivity (Wildman–Crippen MR) is 131 cm³/mol. The molecule has 174 valence electrons. The second-order valence-corrected chi connectivity index (χ2v) is 9.41. The van der Waals surface area contributed by atoms with Crippen molar-refractivity contribution in [1.82, 2.24) is 19.6 Å². The monoisotopic (exact) mass is 476 g/mol. The molecule has 0 unspecified atom stereocenters. The van der Waals surface area contributed by atoms with E-state index in [0.29, 0.717) is 17.8 Å². The molecule has 2 aliphatic rings. The third-order valence-corrected chi connectivity index (χ3v) is 6.96. The van der Waals surface area contributed by atoms with Gasteiger partial charge in [0.15, 0.2) is 5.17 Å². The molecule has 3 amide bonds. The fourth-order valence-electron chi connectivity index (χ4n) is 3.98. The quantitative estimate of drug-likeness (QED) is 0.566. The average molecular weight is 477 g/mol. The van der Waals surface area contributed by atoms with Crippen LogP contribution in [0, 0.1) is 0 Å². The maximum absolute atomic E-state index is 12.5. The first-order chi connectivity index (χ1) is 16.5. The van der Waals surface area contributed by atoms with Gasteiger partial charge in [-0.2, -0.15) is 4.99 Å². The number of carbonyl (C=O) groups excluding carboxylic acids is 3. The van der Waals surface area contributed by atoms with Gasteiger partial charge in [-0.15, -0.1) is 0 Å². The van der Waals surface area contributed by atoms with Crippen molar-refractivity contribution < 1.29 is 14.4 Å². The van der Waals surface area contributed by atoms with E-state index in [1.807, 2.05) is 35.0 Å². The Balaban J connectivity index is 1.11. The molecule has 5 rings (SSSR count). The zero-order valence-electron chi connectivity index (χ0n) is 18.4. The van der Waals surface area contributed by atoms with E-state index in [2.05, 4.69) is 25.5 Å². The first-order valence-electron chi connectivity index (χ1n) is 11.2. The lowest BCUT2D eigenvalue weighted by atomic mass is 10.2. The third-order valence-electron chi connectivity index (χ3n) is 5.75.